The van der Waals surface area contributed by atoms with Crippen LogP contribution in [0.2, 0.25) is 0 Å². The topological polar surface area (TPSA) is 79.0 Å². The lowest BCUT2D eigenvalue weighted by molar-refractivity contribution is -0.122. The van der Waals surface area contributed by atoms with Crippen LogP contribution in [0.15, 0.2) is 18.2 Å². The van der Waals surface area contributed by atoms with Crippen molar-refractivity contribution < 1.29 is 22.3 Å². The summed E-state index contributed by atoms with van der Waals surface area (Å²) < 4.78 is 46.6. The Morgan fingerprint density at radius 1 is 1.36 bits per heavy atom. The molecule has 1 aromatic carbocycles. The minimum absolute atomic E-state index is 0.152. The summed E-state index contributed by atoms with van der Waals surface area (Å²) in [4.78, 5) is 14.4. The Morgan fingerprint density at radius 2 is 2.04 bits per heavy atom. The zero-order valence-electron chi connectivity index (χ0n) is 17.2. The summed E-state index contributed by atoms with van der Waals surface area (Å²) in [6, 6.07) is 3.40. The summed E-state index contributed by atoms with van der Waals surface area (Å²) in [7, 11) is 0.0510. The Bertz CT molecular complexity index is 811. The molecule has 158 valence electrons. The maximum absolute atomic E-state index is 13.9. The van der Waals surface area contributed by atoms with E-state index in [0.29, 0.717) is 30.8 Å². The monoisotopic (exact) mass is 415 g/mol. The van der Waals surface area contributed by atoms with Gasteiger partial charge in [-0.2, -0.15) is 4.31 Å². The molecule has 7 nitrogen and oxygen atoms in total. The van der Waals surface area contributed by atoms with Crippen molar-refractivity contribution in [2.45, 2.75) is 38.8 Å². The van der Waals surface area contributed by atoms with E-state index in [-0.39, 0.29) is 18.2 Å². The second kappa shape index (κ2) is 8.75. The van der Waals surface area contributed by atoms with Gasteiger partial charge in [-0.25, -0.2) is 12.8 Å². The normalized spacial score (nSPS) is 18.6. The van der Waals surface area contributed by atoms with Crippen LogP contribution in [0.4, 0.5) is 4.39 Å². The highest BCUT2D eigenvalue weighted by Gasteiger charge is 2.41. The van der Waals surface area contributed by atoms with Crippen molar-refractivity contribution in [1.82, 2.24) is 14.5 Å². The Hall–Kier alpha value is -1.71. The van der Waals surface area contributed by atoms with Crippen molar-refractivity contribution >= 4 is 15.9 Å². The number of carbonyl (C=O) groups is 1. The predicted octanol–water partition coefficient (Wildman–Crippen LogP) is 1.76. The highest BCUT2D eigenvalue weighted by molar-refractivity contribution is 7.89. The van der Waals surface area contributed by atoms with Crippen LogP contribution in [0, 0.1) is 5.82 Å². The number of nitrogens with zero attached hydrogens (tertiary/aromatic N) is 2. The second-order valence-corrected chi connectivity index (χ2v) is 10.1. The molecule has 0 radical (unpaired) electrons. The van der Waals surface area contributed by atoms with Gasteiger partial charge in [-0.1, -0.05) is 0 Å². The van der Waals surface area contributed by atoms with Gasteiger partial charge in [-0.05, 0) is 53.1 Å². The van der Waals surface area contributed by atoms with E-state index in [2.05, 4.69) is 5.32 Å². The molecule has 1 aliphatic heterocycles. The van der Waals surface area contributed by atoms with Gasteiger partial charge in [-0.15, -0.1) is 0 Å². The molecule has 1 unspecified atom stereocenters. The van der Waals surface area contributed by atoms with Crippen LogP contribution in [0.3, 0.4) is 0 Å². The van der Waals surface area contributed by atoms with E-state index < -0.39 is 27.5 Å². The number of amides is 1. The third-order valence-electron chi connectivity index (χ3n) is 4.65. The Labute approximate surface area is 166 Å². The lowest BCUT2D eigenvalue weighted by atomic mass is 9.89. The zero-order chi connectivity index (χ0) is 21.1. The van der Waals surface area contributed by atoms with Gasteiger partial charge in [0.15, 0.2) is 0 Å². The van der Waals surface area contributed by atoms with E-state index in [0.717, 1.165) is 0 Å². The van der Waals surface area contributed by atoms with Crippen LogP contribution >= 0.6 is 0 Å². The van der Waals surface area contributed by atoms with Crippen LogP contribution in [0.25, 0.3) is 0 Å². The first-order valence-corrected chi connectivity index (χ1v) is 11.0. The van der Waals surface area contributed by atoms with Crippen molar-refractivity contribution in [1.29, 1.82) is 0 Å². The summed E-state index contributed by atoms with van der Waals surface area (Å²) >= 11 is 0. The quantitative estimate of drug-likeness (QED) is 0.700. The number of sulfonamides is 1. The van der Waals surface area contributed by atoms with Gasteiger partial charge in [0.25, 0.3) is 0 Å². The van der Waals surface area contributed by atoms with Crippen LogP contribution in [-0.4, -0.2) is 68.6 Å². The molecule has 0 aliphatic carbocycles. The minimum atomic E-state index is -3.72. The summed E-state index contributed by atoms with van der Waals surface area (Å²) in [5.74, 6) is -0.579. The Morgan fingerprint density at radius 3 is 2.64 bits per heavy atom. The third kappa shape index (κ3) is 5.65. The van der Waals surface area contributed by atoms with E-state index in [1.807, 2.05) is 32.8 Å². The van der Waals surface area contributed by atoms with Gasteiger partial charge in [-0.3, -0.25) is 4.79 Å². The first-order chi connectivity index (χ1) is 12.9. The Kier molecular flexibility index (Phi) is 7.06. The van der Waals surface area contributed by atoms with Gasteiger partial charge in [0, 0.05) is 25.1 Å². The lowest BCUT2D eigenvalue weighted by Crippen LogP contribution is -2.48. The largest absolute Gasteiger partial charge is 0.487 e. The molecule has 1 amide bonds. The summed E-state index contributed by atoms with van der Waals surface area (Å²) in [5.41, 5.74) is -0.212. The molecule has 0 bridgehead atoms. The van der Waals surface area contributed by atoms with Gasteiger partial charge in [0.2, 0.25) is 15.9 Å². The number of likely N-dealkylation sites (N-methyl/N-ethyl adjacent to an activating group) is 1. The number of nitrogens with one attached hydrogen (secondary N) is 1. The molecule has 1 N–H and O–H groups in total. The fourth-order valence-electron chi connectivity index (χ4n) is 3.23. The summed E-state index contributed by atoms with van der Waals surface area (Å²) in [5, 5.41) is 2.74. The standard InChI is InChI=1S/C19H30FN3O4S/c1-6-28(25,26)23(13-18(24)21-9-10-22(4)5)16-12-19(2,3)27-17-8-7-14(20)11-15(16)17/h7-8,11,16H,6,9-10,12-13H2,1-5H3,(H,21,24). The van der Waals surface area contributed by atoms with Crippen LogP contribution in [0.5, 0.6) is 5.75 Å². The molecule has 1 atom stereocenters. The number of hydrogen-bond donors (Lipinski definition) is 1. The smallest absolute Gasteiger partial charge is 0.235 e. The molecule has 1 aromatic rings. The van der Waals surface area contributed by atoms with Crippen molar-refractivity contribution in [3.8, 4) is 5.75 Å². The molecule has 0 saturated heterocycles. The second-order valence-electron chi connectivity index (χ2n) is 7.86. The van der Waals surface area contributed by atoms with E-state index in [4.69, 9.17) is 4.74 Å². The highest BCUT2D eigenvalue weighted by Crippen LogP contribution is 2.43. The minimum Gasteiger partial charge on any atom is -0.487 e. The highest BCUT2D eigenvalue weighted by atomic mass is 32.2. The van der Waals surface area contributed by atoms with Crippen LogP contribution in [-0.2, 0) is 14.8 Å². The molecule has 9 heteroatoms. The lowest BCUT2D eigenvalue weighted by Gasteiger charge is -2.41. The van der Waals surface area contributed by atoms with Crippen molar-refractivity contribution in [2.75, 3.05) is 39.5 Å². The predicted molar refractivity (Wildman–Crippen MR) is 106 cm³/mol. The molecule has 2 rings (SSSR count). The van der Waals surface area contributed by atoms with Crippen molar-refractivity contribution in [2.24, 2.45) is 0 Å². The third-order valence-corrected chi connectivity index (χ3v) is 6.48. The molecule has 0 aromatic heterocycles. The molecule has 0 saturated carbocycles. The number of carbonyl (C=O) groups excluding carboxylic acids is 1. The fraction of sp³-hybridized carbons (Fsp3) is 0.632. The molecule has 1 aliphatic rings. The van der Waals surface area contributed by atoms with Crippen LogP contribution in [0.1, 0.15) is 38.8 Å². The maximum atomic E-state index is 13.9. The molecule has 0 fully saturated rings. The van der Waals surface area contributed by atoms with Crippen molar-refractivity contribution in [3.05, 3.63) is 29.6 Å². The van der Waals surface area contributed by atoms with Gasteiger partial charge < -0.3 is 15.0 Å². The summed E-state index contributed by atoms with van der Waals surface area (Å²) in [6.45, 7) is 5.96. The van der Waals surface area contributed by atoms with Crippen molar-refractivity contribution in [3.63, 3.8) is 0 Å². The average molecular weight is 416 g/mol. The molecule has 28 heavy (non-hydrogen) atoms. The maximum Gasteiger partial charge on any atom is 0.235 e. The van der Waals surface area contributed by atoms with Gasteiger partial charge in [0.1, 0.15) is 17.2 Å². The molecule has 1 heterocycles. The Balaban J connectivity index is 2.36. The first-order valence-electron chi connectivity index (χ1n) is 9.34. The number of fused-ring (bicyclic) bond motifs is 1. The molecular formula is C19H30FN3O4S. The van der Waals surface area contributed by atoms with E-state index >= 15 is 0 Å². The molecule has 0 spiro atoms. The van der Waals surface area contributed by atoms with Gasteiger partial charge in [0.05, 0.1) is 18.3 Å². The zero-order valence-corrected chi connectivity index (χ0v) is 18.0. The molecular weight excluding hydrogens is 385 g/mol. The summed E-state index contributed by atoms with van der Waals surface area (Å²) in [6.07, 6.45) is 0.313. The first kappa shape index (κ1) is 22.6. The number of rotatable bonds is 8. The average Bonchev–Trinajstić information content (AvgIpc) is 2.58. The number of ether oxygens (including phenoxy) is 1. The number of halogens is 1. The van der Waals surface area contributed by atoms with E-state index in [1.165, 1.54) is 29.4 Å². The van der Waals surface area contributed by atoms with Gasteiger partial charge >= 0.3 is 0 Å². The number of hydrogen-bond acceptors (Lipinski definition) is 5. The fourth-order valence-corrected chi connectivity index (χ4v) is 4.45. The van der Waals surface area contributed by atoms with E-state index in [9.17, 15) is 17.6 Å². The number of benzene rings is 1. The SMILES string of the molecule is CCS(=O)(=O)N(CC(=O)NCCN(C)C)C1CC(C)(C)Oc2ccc(F)cc21. The van der Waals surface area contributed by atoms with Crippen LogP contribution < -0.4 is 10.1 Å². The van der Waals surface area contributed by atoms with E-state index in [1.54, 1.807) is 0 Å².